The predicted molar refractivity (Wildman–Crippen MR) is 94.9 cm³/mol. The van der Waals surface area contributed by atoms with Crippen LogP contribution in [-0.4, -0.2) is 35.6 Å². The van der Waals surface area contributed by atoms with Crippen molar-refractivity contribution >= 4 is 11.6 Å². The van der Waals surface area contributed by atoms with Crippen LogP contribution in [0.4, 0.5) is 5.69 Å². The predicted octanol–water partition coefficient (Wildman–Crippen LogP) is 3.02. The van der Waals surface area contributed by atoms with Crippen LogP contribution in [0.2, 0.25) is 0 Å². The highest BCUT2D eigenvalue weighted by atomic mass is 16.7. The molecular formula is C19H27NO5. The fourth-order valence-electron chi connectivity index (χ4n) is 2.60. The SMILES string of the molecule is CC(C)[C@H]1C=C(C(=O)Nc2ccccc2O)O[C@@H](OCCCCO)C1. The van der Waals surface area contributed by atoms with Crippen molar-refractivity contribution in [3.05, 3.63) is 36.1 Å². The Morgan fingerprint density at radius 3 is 2.80 bits per heavy atom. The molecule has 0 spiro atoms. The van der Waals surface area contributed by atoms with E-state index in [4.69, 9.17) is 14.6 Å². The Hall–Kier alpha value is -2.05. The number of rotatable bonds is 8. The molecule has 0 saturated heterocycles. The van der Waals surface area contributed by atoms with Gasteiger partial charge in [-0.1, -0.05) is 26.0 Å². The Bertz CT molecular complexity index is 599. The van der Waals surface area contributed by atoms with Gasteiger partial charge in [0.25, 0.3) is 5.91 Å². The number of carbonyl (C=O) groups excluding carboxylic acids is 1. The van der Waals surface area contributed by atoms with Gasteiger partial charge in [0.15, 0.2) is 5.76 Å². The molecule has 6 nitrogen and oxygen atoms in total. The maximum atomic E-state index is 12.5. The third-order valence-electron chi connectivity index (χ3n) is 4.18. The zero-order valence-corrected chi connectivity index (χ0v) is 14.8. The summed E-state index contributed by atoms with van der Waals surface area (Å²) < 4.78 is 11.4. The van der Waals surface area contributed by atoms with Gasteiger partial charge in [-0.3, -0.25) is 4.79 Å². The number of anilines is 1. The lowest BCUT2D eigenvalue weighted by atomic mass is 9.90. The average Bonchev–Trinajstić information content (AvgIpc) is 2.60. The van der Waals surface area contributed by atoms with Crippen LogP contribution in [0, 0.1) is 11.8 Å². The maximum absolute atomic E-state index is 12.5. The normalized spacial score (nSPS) is 20.1. The summed E-state index contributed by atoms with van der Waals surface area (Å²) in [5.41, 5.74) is 0.337. The van der Waals surface area contributed by atoms with Crippen molar-refractivity contribution in [3.8, 4) is 5.75 Å². The number of phenolic OH excluding ortho intramolecular Hbond substituents is 1. The summed E-state index contributed by atoms with van der Waals surface area (Å²) in [5, 5.41) is 21.3. The minimum Gasteiger partial charge on any atom is -0.506 e. The number of carbonyl (C=O) groups is 1. The number of aliphatic hydroxyl groups excluding tert-OH is 1. The van der Waals surface area contributed by atoms with E-state index in [0.717, 1.165) is 6.42 Å². The zero-order valence-electron chi connectivity index (χ0n) is 14.8. The molecule has 0 fully saturated rings. The van der Waals surface area contributed by atoms with E-state index in [1.54, 1.807) is 18.2 Å². The number of unbranched alkanes of at least 4 members (excludes halogenated alkanes) is 1. The first-order chi connectivity index (χ1) is 12.0. The van der Waals surface area contributed by atoms with E-state index in [-0.39, 0.29) is 24.0 Å². The molecule has 25 heavy (non-hydrogen) atoms. The molecule has 0 bridgehead atoms. The Kier molecular flexibility index (Phi) is 7.28. The summed E-state index contributed by atoms with van der Waals surface area (Å²) in [4.78, 5) is 12.5. The van der Waals surface area contributed by atoms with Gasteiger partial charge in [-0.05, 0) is 42.9 Å². The van der Waals surface area contributed by atoms with Crippen molar-refractivity contribution < 1.29 is 24.5 Å². The van der Waals surface area contributed by atoms with Gasteiger partial charge in [-0.25, -0.2) is 0 Å². The lowest BCUT2D eigenvalue weighted by Crippen LogP contribution is -2.31. The smallest absolute Gasteiger partial charge is 0.290 e. The van der Waals surface area contributed by atoms with Crippen LogP contribution in [0.15, 0.2) is 36.1 Å². The first-order valence-corrected chi connectivity index (χ1v) is 8.71. The molecule has 1 aromatic rings. The molecule has 0 unspecified atom stereocenters. The first kappa shape index (κ1) is 19.3. The maximum Gasteiger partial charge on any atom is 0.290 e. The van der Waals surface area contributed by atoms with Crippen molar-refractivity contribution in [2.45, 2.75) is 39.4 Å². The summed E-state index contributed by atoms with van der Waals surface area (Å²) in [6.07, 6.45) is 3.45. The minimum absolute atomic E-state index is 0.00414. The zero-order chi connectivity index (χ0) is 18.2. The summed E-state index contributed by atoms with van der Waals surface area (Å²) in [7, 11) is 0. The van der Waals surface area contributed by atoms with Crippen LogP contribution in [0.1, 0.15) is 33.1 Å². The summed E-state index contributed by atoms with van der Waals surface area (Å²) in [5.74, 6) is 0.322. The fraction of sp³-hybridized carbons (Fsp3) is 0.526. The second-order valence-corrected chi connectivity index (χ2v) is 6.49. The fourth-order valence-corrected chi connectivity index (χ4v) is 2.60. The van der Waals surface area contributed by atoms with E-state index in [2.05, 4.69) is 19.2 Å². The summed E-state index contributed by atoms with van der Waals surface area (Å²) in [6.45, 7) is 4.80. The van der Waals surface area contributed by atoms with E-state index in [1.807, 2.05) is 6.08 Å². The van der Waals surface area contributed by atoms with Crippen molar-refractivity contribution in [2.75, 3.05) is 18.5 Å². The highest BCUT2D eigenvalue weighted by molar-refractivity contribution is 6.03. The van der Waals surface area contributed by atoms with Gasteiger partial charge in [-0.2, -0.15) is 0 Å². The molecule has 0 aromatic heterocycles. The van der Waals surface area contributed by atoms with Crippen LogP contribution in [0.5, 0.6) is 5.75 Å². The Balaban J connectivity index is 2.03. The number of allylic oxidation sites excluding steroid dienone is 1. The number of nitrogens with one attached hydrogen (secondary N) is 1. The quantitative estimate of drug-likeness (QED) is 0.496. The van der Waals surface area contributed by atoms with Gasteiger partial charge >= 0.3 is 0 Å². The molecule has 1 aliphatic heterocycles. The number of benzene rings is 1. The summed E-state index contributed by atoms with van der Waals surface area (Å²) in [6, 6.07) is 6.55. The molecule has 1 aromatic carbocycles. The lowest BCUT2D eigenvalue weighted by Gasteiger charge is -2.30. The Labute approximate surface area is 148 Å². The van der Waals surface area contributed by atoms with E-state index in [1.165, 1.54) is 6.07 Å². The Morgan fingerprint density at radius 1 is 1.36 bits per heavy atom. The van der Waals surface area contributed by atoms with Gasteiger partial charge < -0.3 is 25.0 Å². The molecule has 1 aliphatic rings. The van der Waals surface area contributed by atoms with Crippen molar-refractivity contribution in [1.29, 1.82) is 0 Å². The molecule has 2 rings (SSSR count). The largest absolute Gasteiger partial charge is 0.506 e. The number of aliphatic hydroxyl groups is 1. The minimum atomic E-state index is -0.485. The average molecular weight is 349 g/mol. The van der Waals surface area contributed by atoms with Crippen molar-refractivity contribution in [3.63, 3.8) is 0 Å². The number of ether oxygens (including phenoxy) is 2. The third-order valence-corrected chi connectivity index (χ3v) is 4.18. The molecule has 138 valence electrons. The lowest BCUT2D eigenvalue weighted by molar-refractivity contribution is -0.148. The monoisotopic (exact) mass is 349 g/mol. The second-order valence-electron chi connectivity index (χ2n) is 6.49. The van der Waals surface area contributed by atoms with Crippen LogP contribution in [-0.2, 0) is 14.3 Å². The number of aromatic hydroxyl groups is 1. The molecule has 0 aliphatic carbocycles. The number of amides is 1. The molecule has 3 N–H and O–H groups in total. The molecular weight excluding hydrogens is 322 g/mol. The molecule has 1 amide bonds. The highest BCUT2D eigenvalue weighted by Crippen LogP contribution is 2.30. The van der Waals surface area contributed by atoms with Crippen LogP contribution < -0.4 is 5.32 Å². The summed E-state index contributed by atoms with van der Waals surface area (Å²) >= 11 is 0. The number of hydrogen-bond acceptors (Lipinski definition) is 5. The second kappa shape index (κ2) is 9.44. The standard InChI is InChI=1S/C19H27NO5/c1-13(2)14-11-17(25-18(12-14)24-10-6-5-9-21)19(23)20-15-7-3-4-8-16(15)22/h3-4,7-8,11,13-14,18,21-22H,5-6,9-10,12H2,1-2H3,(H,20,23)/t14-,18+/m0/s1. The number of phenols is 1. The van der Waals surface area contributed by atoms with Gasteiger partial charge in [0, 0.05) is 13.0 Å². The van der Waals surface area contributed by atoms with Gasteiger partial charge in [-0.15, -0.1) is 0 Å². The van der Waals surface area contributed by atoms with Crippen molar-refractivity contribution in [2.24, 2.45) is 11.8 Å². The molecule has 1 heterocycles. The number of para-hydroxylation sites is 2. The Morgan fingerprint density at radius 2 is 2.12 bits per heavy atom. The van der Waals surface area contributed by atoms with Crippen molar-refractivity contribution in [1.82, 2.24) is 0 Å². The van der Waals surface area contributed by atoms with Gasteiger partial charge in [0.05, 0.1) is 12.3 Å². The third kappa shape index (κ3) is 5.76. The molecule has 2 atom stereocenters. The van der Waals surface area contributed by atoms with Gasteiger partial charge in [0.1, 0.15) is 5.75 Å². The van der Waals surface area contributed by atoms with E-state index < -0.39 is 12.2 Å². The van der Waals surface area contributed by atoms with Gasteiger partial charge in [0.2, 0.25) is 6.29 Å². The number of hydrogen-bond donors (Lipinski definition) is 3. The molecule has 6 heteroatoms. The van der Waals surface area contributed by atoms with Crippen LogP contribution >= 0.6 is 0 Å². The molecule has 0 radical (unpaired) electrons. The highest BCUT2D eigenvalue weighted by Gasteiger charge is 2.29. The van der Waals surface area contributed by atoms with E-state index in [9.17, 15) is 9.90 Å². The molecule has 0 saturated carbocycles. The van der Waals surface area contributed by atoms with Crippen LogP contribution in [0.25, 0.3) is 0 Å². The topological polar surface area (TPSA) is 88.0 Å². The first-order valence-electron chi connectivity index (χ1n) is 8.71. The van der Waals surface area contributed by atoms with Crippen LogP contribution in [0.3, 0.4) is 0 Å². The van der Waals surface area contributed by atoms with E-state index >= 15 is 0 Å². The van der Waals surface area contributed by atoms with E-state index in [0.29, 0.717) is 31.1 Å².